The van der Waals surface area contributed by atoms with Gasteiger partial charge in [-0.05, 0) is 6.07 Å². The van der Waals surface area contributed by atoms with Crippen molar-refractivity contribution in [2.75, 3.05) is 31.2 Å². The van der Waals surface area contributed by atoms with Crippen molar-refractivity contribution in [1.29, 1.82) is 0 Å². The minimum Gasteiger partial charge on any atom is -0.478 e. The van der Waals surface area contributed by atoms with E-state index >= 15 is 0 Å². The van der Waals surface area contributed by atoms with Gasteiger partial charge in [-0.3, -0.25) is 0 Å². The van der Waals surface area contributed by atoms with Gasteiger partial charge in [-0.2, -0.15) is 0 Å². The molecule has 1 N–H and O–H groups in total. The summed E-state index contributed by atoms with van der Waals surface area (Å²) in [6, 6.07) is 1.65. The molecule has 0 amide bonds. The first-order valence-corrected chi connectivity index (χ1v) is 5.21. The second-order valence-electron chi connectivity index (χ2n) is 3.79. The van der Waals surface area contributed by atoms with Crippen LogP contribution in [0.1, 0.15) is 10.4 Å². The molecule has 2 heterocycles. The van der Waals surface area contributed by atoms with E-state index in [0.717, 1.165) is 5.46 Å². The molecule has 16 heavy (non-hydrogen) atoms. The predicted molar refractivity (Wildman–Crippen MR) is 62.4 cm³/mol. The third kappa shape index (κ3) is 2.16. The zero-order valence-electron chi connectivity index (χ0n) is 9.14. The molecular weight excluding hydrogens is 207 g/mol. The van der Waals surface area contributed by atoms with Gasteiger partial charge in [0.15, 0.2) is 0 Å². The van der Waals surface area contributed by atoms with Crippen molar-refractivity contribution >= 4 is 25.1 Å². The largest absolute Gasteiger partial charge is 0.478 e. The Bertz CT molecular complexity index is 405. The number of carboxylic acids is 1. The lowest BCUT2D eigenvalue weighted by Crippen LogP contribution is -2.38. The van der Waals surface area contributed by atoms with Gasteiger partial charge >= 0.3 is 5.97 Å². The zero-order chi connectivity index (χ0) is 11.5. The van der Waals surface area contributed by atoms with Gasteiger partial charge in [0, 0.05) is 19.3 Å². The minimum atomic E-state index is -0.933. The van der Waals surface area contributed by atoms with Gasteiger partial charge in [0.25, 0.3) is 0 Å². The number of hydrogen-bond acceptors (Lipinski definition) is 4. The number of nitrogens with zero attached hydrogens (tertiary/aromatic N) is 2. The first-order valence-electron chi connectivity index (χ1n) is 5.21. The number of anilines is 1. The average Bonchev–Trinajstić information content (AvgIpc) is 2.30. The van der Waals surface area contributed by atoms with Crippen molar-refractivity contribution in [2.45, 2.75) is 0 Å². The van der Waals surface area contributed by atoms with Crippen LogP contribution in [0.15, 0.2) is 12.3 Å². The van der Waals surface area contributed by atoms with E-state index in [1.165, 1.54) is 0 Å². The summed E-state index contributed by atoms with van der Waals surface area (Å²) < 4.78 is 5.23. The van der Waals surface area contributed by atoms with E-state index in [0.29, 0.717) is 32.1 Å². The van der Waals surface area contributed by atoms with E-state index in [-0.39, 0.29) is 5.56 Å². The van der Waals surface area contributed by atoms with Crippen LogP contribution >= 0.6 is 0 Å². The number of carboxylic acid groups (broad SMARTS) is 1. The van der Waals surface area contributed by atoms with Gasteiger partial charge in [-0.1, -0.05) is 5.46 Å². The lowest BCUT2D eigenvalue weighted by Gasteiger charge is -2.28. The highest BCUT2D eigenvalue weighted by atomic mass is 16.5. The van der Waals surface area contributed by atoms with Crippen LogP contribution in [0.3, 0.4) is 0 Å². The summed E-state index contributed by atoms with van der Waals surface area (Å²) in [6.07, 6.45) is 1.69. The van der Waals surface area contributed by atoms with Crippen LogP contribution in [0.4, 0.5) is 5.82 Å². The Labute approximate surface area is 94.5 Å². The molecule has 84 valence electrons. The minimum absolute atomic E-state index is 0.266. The summed E-state index contributed by atoms with van der Waals surface area (Å²) in [5.41, 5.74) is 1.12. The van der Waals surface area contributed by atoms with E-state index in [4.69, 9.17) is 9.84 Å². The highest BCUT2D eigenvalue weighted by Crippen LogP contribution is 2.17. The molecule has 1 aliphatic rings. The number of rotatable bonds is 2. The van der Waals surface area contributed by atoms with Crippen molar-refractivity contribution in [1.82, 2.24) is 4.98 Å². The molecule has 1 aromatic rings. The van der Waals surface area contributed by atoms with Gasteiger partial charge in [0.1, 0.15) is 19.2 Å². The van der Waals surface area contributed by atoms with Gasteiger partial charge in [-0.15, -0.1) is 0 Å². The lowest BCUT2D eigenvalue weighted by atomic mass is 9.96. The topological polar surface area (TPSA) is 62.7 Å². The van der Waals surface area contributed by atoms with E-state index < -0.39 is 5.97 Å². The predicted octanol–water partition coefficient (Wildman–Crippen LogP) is -1.13. The van der Waals surface area contributed by atoms with E-state index in [1.54, 1.807) is 12.3 Å². The average molecular weight is 220 g/mol. The summed E-state index contributed by atoms with van der Waals surface area (Å²) in [4.78, 5) is 17.3. The summed E-state index contributed by atoms with van der Waals surface area (Å²) in [6.45, 7) is 2.62. The van der Waals surface area contributed by atoms with E-state index in [2.05, 4.69) is 4.98 Å². The number of carbonyl (C=O) groups is 1. The number of aromatic carboxylic acids is 1. The molecule has 2 rings (SSSR count). The van der Waals surface area contributed by atoms with Crippen LogP contribution in [0.25, 0.3) is 0 Å². The van der Waals surface area contributed by atoms with Crippen LogP contribution in [0, 0.1) is 0 Å². The molecule has 0 saturated carbocycles. The molecule has 1 saturated heterocycles. The first kappa shape index (κ1) is 10.9. The van der Waals surface area contributed by atoms with E-state index in [1.807, 2.05) is 12.7 Å². The monoisotopic (exact) mass is 220 g/mol. The fraction of sp³-hybridized carbons (Fsp3) is 0.400. The smallest absolute Gasteiger partial charge is 0.339 e. The maximum absolute atomic E-state index is 11.1. The first-order chi connectivity index (χ1) is 7.68. The van der Waals surface area contributed by atoms with Crippen molar-refractivity contribution in [2.24, 2.45) is 0 Å². The Morgan fingerprint density at radius 3 is 2.81 bits per heavy atom. The SMILES string of the molecule is Bc1cnc(N2CCOCC2)c(C(=O)O)c1. The highest BCUT2D eigenvalue weighted by Gasteiger charge is 2.19. The molecule has 0 atom stereocenters. The molecule has 6 heteroatoms. The molecule has 0 bridgehead atoms. The van der Waals surface area contributed by atoms with Gasteiger partial charge in [0.05, 0.1) is 13.2 Å². The highest BCUT2D eigenvalue weighted by molar-refractivity contribution is 6.32. The van der Waals surface area contributed by atoms with Crippen LogP contribution in [0.2, 0.25) is 0 Å². The molecule has 1 fully saturated rings. The molecule has 1 aliphatic heterocycles. The number of aromatic nitrogens is 1. The number of ether oxygens (including phenoxy) is 1. The summed E-state index contributed by atoms with van der Waals surface area (Å²) in [7, 11) is 1.84. The van der Waals surface area contributed by atoms with Crippen molar-refractivity contribution in [3.8, 4) is 0 Å². The third-order valence-electron chi connectivity index (χ3n) is 2.54. The summed E-state index contributed by atoms with van der Waals surface area (Å²) in [5, 5.41) is 9.12. The quantitative estimate of drug-likeness (QED) is 0.639. The Kier molecular flexibility index (Phi) is 3.10. The zero-order valence-corrected chi connectivity index (χ0v) is 9.14. The summed E-state index contributed by atoms with van der Waals surface area (Å²) >= 11 is 0. The lowest BCUT2D eigenvalue weighted by molar-refractivity contribution is 0.0696. The number of hydrogen-bond donors (Lipinski definition) is 1. The van der Waals surface area contributed by atoms with Crippen molar-refractivity contribution in [3.63, 3.8) is 0 Å². The summed E-state index contributed by atoms with van der Waals surface area (Å²) in [5.74, 6) is -0.390. The number of pyridine rings is 1. The Hall–Kier alpha value is -1.56. The Morgan fingerprint density at radius 1 is 1.50 bits per heavy atom. The maximum atomic E-state index is 11.1. The second-order valence-corrected chi connectivity index (χ2v) is 3.79. The fourth-order valence-corrected chi connectivity index (χ4v) is 1.75. The van der Waals surface area contributed by atoms with Gasteiger partial charge in [-0.25, -0.2) is 9.78 Å². The molecular formula is C10H13BN2O3. The molecule has 5 nitrogen and oxygen atoms in total. The van der Waals surface area contributed by atoms with Gasteiger partial charge < -0.3 is 14.7 Å². The fourth-order valence-electron chi connectivity index (χ4n) is 1.75. The molecule has 0 radical (unpaired) electrons. The van der Waals surface area contributed by atoms with Gasteiger partial charge in [0.2, 0.25) is 0 Å². The van der Waals surface area contributed by atoms with Crippen LogP contribution in [-0.2, 0) is 4.74 Å². The van der Waals surface area contributed by atoms with Crippen LogP contribution in [-0.4, -0.2) is 50.2 Å². The normalized spacial score (nSPS) is 16.1. The Balaban J connectivity index is 2.34. The molecule has 1 aromatic heterocycles. The standard InChI is InChI=1S/C10H13BN2O3/c11-7-5-8(10(14)15)9(12-6-7)13-1-3-16-4-2-13/h5-6H,1-4,11H2,(H,14,15). The third-order valence-corrected chi connectivity index (χ3v) is 2.54. The Morgan fingerprint density at radius 2 is 2.19 bits per heavy atom. The van der Waals surface area contributed by atoms with Crippen LogP contribution in [0.5, 0.6) is 0 Å². The maximum Gasteiger partial charge on any atom is 0.339 e. The molecule has 0 aliphatic carbocycles. The van der Waals surface area contributed by atoms with E-state index in [9.17, 15) is 4.79 Å². The second kappa shape index (κ2) is 4.53. The molecule has 0 unspecified atom stereocenters. The van der Waals surface area contributed by atoms with Crippen LogP contribution < -0.4 is 10.4 Å². The molecule has 0 aromatic carbocycles. The number of morpholine rings is 1. The molecule has 0 spiro atoms. The van der Waals surface area contributed by atoms with Crippen molar-refractivity contribution < 1.29 is 14.6 Å². The van der Waals surface area contributed by atoms with Crippen molar-refractivity contribution in [3.05, 3.63) is 17.8 Å².